The highest BCUT2D eigenvalue weighted by atomic mass is 16.2. The maximum atomic E-state index is 10.8. The van der Waals surface area contributed by atoms with Gasteiger partial charge in [-0.15, -0.1) is 0 Å². The zero-order valence-corrected chi connectivity index (χ0v) is 5.85. The Morgan fingerprint density at radius 2 is 2.44 bits per heavy atom. The fraction of sp³-hybridized carbons (Fsp3) is 0.571. The van der Waals surface area contributed by atoms with Crippen LogP contribution in [0.1, 0.15) is 19.8 Å². The van der Waals surface area contributed by atoms with E-state index in [0.29, 0.717) is 6.42 Å². The Kier molecular flexibility index (Phi) is 1.56. The second-order valence-corrected chi connectivity index (χ2v) is 2.32. The summed E-state index contributed by atoms with van der Waals surface area (Å²) in [7, 11) is 1.80. The molecule has 9 heavy (non-hydrogen) atoms. The van der Waals surface area contributed by atoms with Crippen LogP contribution < -0.4 is 0 Å². The molecule has 0 saturated carbocycles. The fourth-order valence-electron chi connectivity index (χ4n) is 0.927. The first-order chi connectivity index (χ1) is 4.24. The minimum Gasteiger partial charge on any atom is -0.322 e. The average molecular weight is 125 g/mol. The lowest BCUT2D eigenvalue weighted by atomic mass is 10.2. The van der Waals surface area contributed by atoms with Crippen molar-refractivity contribution in [1.82, 2.24) is 4.90 Å². The molecule has 1 amide bonds. The van der Waals surface area contributed by atoms with Crippen LogP contribution in [0.4, 0.5) is 0 Å². The van der Waals surface area contributed by atoms with Gasteiger partial charge in [0.05, 0.1) is 0 Å². The first-order valence-corrected chi connectivity index (χ1v) is 3.19. The molecule has 0 aliphatic carbocycles. The quantitative estimate of drug-likeness (QED) is 0.514. The van der Waals surface area contributed by atoms with Crippen LogP contribution in [-0.2, 0) is 4.79 Å². The predicted molar refractivity (Wildman–Crippen MR) is 35.8 cm³/mol. The van der Waals surface area contributed by atoms with Crippen LogP contribution in [0.3, 0.4) is 0 Å². The summed E-state index contributed by atoms with van der Waals surface area (Å²) in [5, 5.41) is 0. The maximum absolute atomic E-state index is 10.8. The second-order valence-electron chi connectivity index (χ2n) is 2.32. The van der Waals surface area contributed by atoms with Crippen LogP contribution in [0.2, 0.25) is 0 Å². The monoisotopic (exact) mass is 125 g/mol. The zero-order valence-electron chi connectivity index (χ0n) is 5.85. The van der Waals surface area contributed by atoms with Gasteiger partial charge in [0.15, 0.2) is 0 Å². The van der Waals surface area contributed by atoms with E-state index in [2.05, 4.69) is 6.92 Å². The molecule has 1 rings (SSSR count). The van der Waals surface area contributed by atoms with Gasteiger partial charge in [0.25, 0.3) is 0 Å². The van der Waals surface area contributed by atoms with E-state index in [9.17, 15) is 4.79 Å². The lowest BCUT2D eigenvalue weighted by Crippen LogP contribution is -2.13. The highest BCUT2D eigenvalue weighted by Crippen LogP contribution is 2.15. The molecule has 0 fully saturated rings. The molecule has 0 aromatic heterocycles. The summed E-state index contributed by atoms with van der Waals surface area (Å²) in [5.41, 5.74) is 1.24. The summed E-state index contributed by atoms with van der Waals surface area (Å²) in [6, 6.07) is 0. The van der Waals surface area contributed by atoms with Gasteiger partial charge in [-0.3, -0.25) is 4.79 Å². The summed E-state index contributed by atoms with van der Waals surface area (Å²) in [4.78, 5) is 12.5. The molecule has 0 atom stereocenters. The van der Waals surface area contributed by atoms with Crippen LogP contribution in [0.5, 0.6) is 0 Å². The average Bonchev–Trinajstić information content (AvgIpc) is 2.13. The summed E-state index contributed by atoms with van der Waals surface area (Å²) < 4.78 is 0. The molecule has 0 aromatic rings. The third-order valence-corrected chi connectivity index (χ3v) is 1.60. The van der Waals surface area contributed by atoms with Gasteiger partial charge in [0.2, 0.25) is 5.91 Å². The number of amides is 1. The van der Waals surface area contributed by atoms with Gasteiger partial charge in [-0.05, 0) is 12.0 Å². The topological polar surface area (TPSA) is 20.3 Å². The predicted octanol–water partition coefficient (Wildman–Crippen LogP) is 1.14. The molecular formula is C7H11NO. The largest absolute Gasteiger partial charge is 0.322 e. The van der Waals surface area contributed by atoms with Crippen LogP contribution in [0.25, 0.3) is 0 Å². The van der Waals surface area contributed by atoms with E-state index in [1.807, 2.05) is 6.20 Å². The molecule has 0 unspecified atom stereocenters. The van der Waals surface area contributed by atoms with Crippen LogP contribution in [-0.4, -0.2) is 17.9 Å². The van der Waals surface area contributed by atoms with E-state index in [1.54, 1.807) is 11.9 Å². The normalized spacial score (nSPS) is 18.7. The molecular weight excluding hydrogens is 114 g/mol. The summed E-state index contributed by atoms with van der Waals surface area (Å²) in [6.45, 7) is 2.07. The molecule has 0 saturated heterocycles. The Bertz CT molecular complexity index is 160. The van der Waals surface area contributed by atoms with Gasteiger partial charge in [0, 0.05) is 19.7 Å². The number of hydrogen-bond donors (Lipinski definition) is 0. The van der Waals surface area contributed by atoms with Crippen molar-refractivity contribution >= 4 is 5.91 Å². The molecule has 1 heterocycles. The number of rotatable bonds is 1. The minimum atomic E-state index is 0.215. The Hall–Kier alpha value is -0.790. The number of hydrogen-bond acceptors (Lipinski definition) is 1. The maximum Gasteiger partial charge on any atom is 0.230 e. The highest BCUT2D eigenvalue weighted by Gasteiger charge is 2.15. The third kappa shape index (κ3) is 1.12. The molecule has 0 radical (unpaired) electrons. The molecule has 1 aliphatic heterocycles. The highest BCUT2D eigenvalue weighted by molar-refractivity contribution is 5.82. The third-order valence-electron chi connectivity index (χ3n) is 1.60. The second kappa shape index (κ2) is 2.21. The molecule has 0 bridgehead atoms. The lowest BCUT2D eigenvalue weighted by molar-refractivity contribution is -0.125. The van der Waals surface area contributed by atoms with E-state index in [-0.39, 0.29) is 5.91 Å². The van der Waals surface area contributed by atoms with Gasteiger partial charge < -0.3 is 4.90 Å². The van der Waals surface area contributed by atoms with E-state index in [0.717, 1.165) is 6.42 Å². The molecule has 0 aromatic carbocycles. The van der Waals surface area contributed by atoms with Crippen molar-refractivity contribution in [2.75, 3.05) is 7.05 Å². The van der Waals surface area contributed by atoms with Gasteiger partial charge in [-0.2, -0.15) is 0 Å². The van der Waals surface area contributed by atoms with Crippen molar-refractivity contribution in [3.05, 3.63) is 11.8 Å². The number of carbonyl (C=O) groups is 1. The van der Waals surface area contributed by atoms with E-state index < -0.39 is 0 Å². The van der Waals surface area contributed by atoms with Crippen LogP contribution >= 0.6 is 0 Å². The molecule has 1 aliphatic rings. The number of nitrogens with zero attached hydrogens (tertiary/aromatic N) is 1. The molecule has 2 heteroatoms. The molecule has 0 spiro atoms. The smallest absolute Gasteiger partial charge is 0.230 e. The lowest BCUT2D eigenvalue weighted by Gasteiger charge is -2.00. The Labute approximate surface area is 55.2 Å². The first-order valence-electron chi connectivity index (χ1n) is 3.19. The summed E-state index contributed by atoms with van der Waals surface area (Å²) in [5.74, 6) is 0.215. The van der Waals surface area contributed by atoms with Crippen molar-refractivity contribution < 1.29 is 4.79 Å². The van der Waals surface area contributed by atoms with Crippen LogP contribution in [0.15, 0.2) is 11.8 Å². The van der Waals surface area contributed by atoms with E-state index >= 15 is 0 Å². The van der Waals surface area contributed by atoms with Crippen molar-refractivity contribution in [1.29, 1.82) is 0 Å². The van der Waals surface area contributed by atoms with Crippen molar-refractivity contribution in [2.45, 2.75) is 19.8 Å². The van der Waals surface area contributed by atoms with Gasteiger partial charge >= 0.3 is 0 Å². The van der Waals surface area contributed by atoms with Crippen molar-refractivity contribution in [3.8, 4) is 0 Å². The number of carbonyl (C=O) groups excluding carboxylic acids is 1. The Balaban J connectivity index is 2.62. The van der Waals surface area contributed by atoms with Crippen LogP contribution in [0, 0.1) is 0 Å². The minimum absolute atomic E-state index is 0.215. The molecule has 0 N–H and O–H groups in total. The molecule has 50 valence electrons. The standard InChI is InChI=1S/C7H11NO/c1-3-6-4-7(9)8(2)5-6/h5H,3-4H2,1-2H3. The van der Waals surface area contributed by atoms with Crippen molar-refractivity contribution in [3.63, 3.8) is 0 Å². The van der Waals surface area contributed by atoms with Gasteiger partial charge in [0.1, 0.15) is 0 Å². The summed E-state index contributed by atoms with van der Waals surface area (Å²) >= 11 is 0. The summed E-state index contributed by atoms with van der Waals surface area (Å²) in [6.07, 6.45) is 3.55. The fourth-order valence-corrected chi connectivity index (χ4v) is 0.927. The Morgan fingerprint density at radius 3 is 2.67 bits per heavy atom. The van der Waals surface area contributed by atoms with Gasteiger partial charge in [-0.1, -0.05) is 6.92 Å². The zero-order chi connectivity index (χ0) is 6.85. The van der Waals surface area contributed by atoms with E-state index in [1.165, 1.54) is 5.57 Å². The van der Waals surface area contributed by atoms with Crippen molar-refractivity contribution in [2.24, 2.45) is 0 Å². The SMILES string of the molecule is CCC1=CN(C)C(=O)C1. The van der Waals surface area contributed by atoms with E-state index in [4.69, 9.17) is 0 Å². The first kappa shape index (κ1) is 6.33. The molecule has 2 nitrogen and oxygen atoms in total. The Morgan fingerprint density at radius 1 is 1.78 bits per heavy atom. The van der Waals surface area contributed by atoms with Gasteiger partial charge in [-0.25, -0.2) is 0 Å².